The minimum atomic E-state index is 0.242. The number of hydrogen-bond donors (Lipinski definition) is 1. The van der Waals surface area contributed by atoms with Crippen molar-refractivity contribution >= 4 is 0 Å². The summed E-state index contributed by atoms with van der Waals surface area (Å²) in [7, 11) is 0. The monoisotopic (exact) mass is 232 g/mol. The fourth-order valence-electron chi connectivity index (χ4n) is 3.37. The number of rotatable bonds is 2. The van der Waals surface area contributed by atoms with Gasteiger partial charge in [0.2, 0.25) is 0 Å². The standard InChI is InChI=1S/C15H24N2/c1-10-6-11(10)9-17-5-4-12-13(16)7-15(2,3)8-14(12)17/h4-5,10-11,13H,6-9,16H2,1-3H3. The molecule has 1 heterocycles. The molecule has 0 amide bonds. The Labute approximate surface area is 104 Å². The molecule has 2 nitrogen and oxygen atoms in total. The third-order valence-electron chi connectivity index (χ3n) is 4.64. The normalized spacial score (nSPS) is 34.5. The maximum atomic E-state index is 6.30. The highest BCUT2D eigenvalue weighted by Crippen LogP contribution is 2.43. The Kier molecular flexibility index (Phi) is 2.41. The second-order valence-corrected chi connectivity index (χ2v) is 6.99. The van der Waals surface area contributed by atoms with Gasteiger partial charge in [-0.2, -0.15) is 0 Å². The van der Waals surface area contributed by atoms with Gasteiger partial charge < -0.3 is 10.3 Å². The molecule has 0 radical (unpaired) electrons. The number of hydrogen-bond acceptors (Lipinski definition) is 1. The van der Waals surface area contributed by atoms with Gasteiger partial charge in [-0.3, -0.25) is 0 Å². The predicted octanol–water partition coefficient (Wildman–Crippen LogP) is 3.12. The van der Waals surface area contributed by atoms with Crippen LogP contribution in [0.15, 0.2) is 12.3 Å². The Morgan fingerprint density at radius 1 is 1.47 bits per heavy atom. The van der Waals surface area contributed by atoms with E-state index in [0.29, 0.717) is 5.41 Å². The fourth-order valence-corrected chi connectivity index (χ4v) is 3.37. The van der Waals surface area contributed by atoms with Gasteiger partial charge in [0.25, 0.3) is 0 Å². The lowest BCUT2D eigenvalue weighted by atomic mass is 9.74. The molecule has 2 N–H and O–H groups in total. The minimum absolute atomic E-state index is 0.242. The first-order chi connectivity index (χ1) is 7.96. The highest BCUT2D eigenvalue weighted by atomic mass is 15.0. The largest absolute Gasteiger partial charge is 0.351 e. The van der Waals surface area contributed by atoms with Crippen LogP contribution in [0.4, 0.5) is 0 Å². The molecule has 2 aliphatic carbocycles. The van der Waals surface area contributed by atoms with Gasteiger partial charge in [0.1, 0.15) is 0 Å². The second kappa shape index (κ2) is 3.61. The molecule has 94 valence electrons. The summed E-state index contributed by atoms with van der Waals surface area (Å²) in [6, 6.07) is 2.49. The zero-order valence-electron chi connectivity index (χ0n) is 11.2. The number of nitrogens with zero attached hydrogens (tertiary/aromatic N) is 1. The summed E-state index contributed by atoms with van der Waals surface area (Å²) >= 11 is 0. The highest BCUT2D eigenvalue weighted by Gasteiger charge is 2.36. The van der Waals surface area contributed by atoms with E-state index in [-0.39, 0.29) is 6.04 Å². The van der Waals surface area contributed by atoms with Crippen molar-refractivity contribution in [1.29, 1.82) is 0 Å². The van der Waals surface area contributed by atoms with Gasteiger partial charge in [-0.05, 0) is 48.1 Å². The van der Waals surface area contributed by atoms with Crippen molar-refractivity contribution in [3.05, 3.63) is 23.5 Å². The maximum Gasteiger partial charge on any atom is 0.0318 e. The number of fused-ring (bicyclic) bond motifs is 1. The first kappa shape index (κ1) is 11.3. The van der Waals surface area contributed by atoms with E-state index >= 15 is 0 Å². The van der Waals surface area contributed by atoms with Crippen molar-refractivity contribution < 1.29 is 0 Å². The average Bonchev–Trinajstić information content (AvgIpc) is 2.73. The summed E-state index contributed by atoms with van der Waals surface area (Å²) in [5.74, 6) is 1.84. The zero-order chi connectivity index (χ0) is 12.2. The first-order valence-electron chi connectivity index (χ1n) is 6.90. The van der Waals surface area contributed by atoms with Crippen molar-refractivity contribution in [3.8, 4) is 0 Å². The first-order valence-corrected chi connectivity index (χ1v) is 6.90. The van der Waals surface area contributed by atoms with Crippen LogP contribution in [0.3, 0.4) is 0 Å². The Hall–Kier alpha value is -0.760. The molecule has 1 aromatic heterocycles. The SMILES string of the molecule is CC1CC1Cn1ccc2c1CC(C)(C)CC2N. The molecule has 3 unspecified atom stereocenters. The van der Waals surface area contributed by atoms with E-state index in [1.807, 2.05) is 0 Å². The summed E-state index contributed by atoms with van der Waals surface area (Å²) < 4.78 is 2.48. The summed E-state index contributed by atoms with van der Waals surface area (Å²) in [4.78, 5) is 0. The van der Waals surface area contributed by atoms with Gasteiger partial charge in [0, 0.05) is 24.5 Å². The molecule has 0 bridgehead atoms. The molecule has 3 atom stereocenters. The maximum absolute atomic E-state index is 6.30. The molecular weight excluding hydrogens is 208 g/mol. The molecule has 1 fully saturated rings. The Morgan fingerprint density at radius 2 is 2.18 bits per heavy atom. The van der Waals surface area contributed by atoms with Crippen LogP contribution in [-0.2, 0) is 13.0 Å². The fraction of sp³-hybridized carbons (Fsp3) is 0.733. The van der Waals surface area contributed by atoms with E-state index in [1.165, 1.54) is 30.6 Å². The van der Waals surface area contributed by atoms with Crippen molar-refractivity contribution in [2.45, 2.75) is 52.6 Å². The van der Waals surface area contributed by atoms with Crippen LogP contribution in [0.2, 0.25) is 0 Å². The van der Waals surface area contributed by atoms with Gasteiger partial charge in [-0.25, -0.2) is 0 Å². The molecule has 17 heavy (non-hydrogen) atoms. The van der Waals surface area contributed by atoms with Gasteiger partial charge in [0.05, 0.1) is 0 Å². The van der Waals surface area contributed by atoms with Crippen LogP contribution < -0.4 is 5.73 Å². The van der Waals surface area contributed by atoms with E-state index in [2.05, 4.69) is 37.6 Å². The van der Waals surface area contributed by atoms with E-state index in [1.54, 1.807) is 0 Å². The summed E-state index contributed by atoms with van der Waals surface area (Å²) in [5.41, 5.74) is 9.56. The van der Waals surface area contributed by atoms with Crippen LogP contribution >= 0.6 is 0 Å². The second-order valence-electron chi connectivity index (χ2n) is 6.99. The molecule has 0 aromatic carbocycles. The average molecular weight is 232 g/mol. The molecule has 0 spiro atoms. The van der Waals surface area contributed by atoms with Crippen molar-refractivity contribution in [3.63, 3.8) is 0 Å². The molecule has 0 saturated heterocycles. The minimum Gasteiger partial charge on any atom is -0.351 e. The van der Waals surface area contributed by atoms with E-state index in [0.717, 1.165) is 18.3 Å². The summed E-state index contributed by atoms with van der Waals surface area (Å²) in [6.45, 7) is 8.25. The molecule has 1 aromatic rings. The summed E-state index contributed by atoms with van der Waals surface area (Å²) in [5, 5.41) is 0. The third kappa shape index (κ3) is 2.03. The number of nitrogens with two attached hydrogens (primary N) is 1. The van der Waals surface area contributed by atoms with Crippen LogP contribution in [0.5, 0.6) is 0 Å². The summed E-state index contributed by atoms with van der Waals surface area (Å²) in [6.07, 6.45) is 5.97. The van der Waals surface area contributed by atoms with Crippen LogP contribution in [0.1, 0.15) is 50.9 Å². The third-order valence-corrected chi connectivity index (χ3v) is 4.64. The van der Waals surface area contributed by atoms with E-state index in [9.17, 15) is 0 Å². The quantitative estimate of drug-likeness (QED) is 0.834. The zero-order valence-corrected chi connectivity index (χ0v) is 11.2. The predicted molar refractivity (Wildman–Crippen MR) is 70.7 cm³/mol. The van der Waals surface area contributed by atoms with E-state index < -0.39 is 0 Å². The Morgan fingerprint density at radius 3 is 2.82 bits per heavy atom. The van der Waals surface area contributed by atoms with Gasteiger partial charge in [0.15, 0.2) is 0 Å². The van der Waals surface area contributed by atoms with Gasteiger partial charge in [-0.1, -0.05) is 20.8 Å². The topological polar surface area (TPSA) is 30.9 Å². The van der Waals surface area contributed by atoms with Crippen LogP contribution in [0.25, 0.3) is 0 Å². The lowest BCUT2D eigenvalue weighted by Crippen LogP contribution is -2.30. The molecule has 0 aliphatic heterocycles. The van der Waals surface area contributed by atoms with Crippen molar-refractivity contribution in [1.82, 2.24) is 4.57 Å². The molecule has 2 aliphatic rings. The van der Waals surface area contributed by atoms with Gasteiger partial charge in [-0.15, -0.1) is 0 Å². The lowest BCUT2D eigenvalue weighted by Gasteiger charge is -2.34. The highest BCUT2D eigenvalue weighted by molar-refractivity contribution is 5.30. The Balaban J connectivity index is 1.87. The smallest absolute Gasteiger partial charge is 0.0318 e. The van der Waals surface area contributed by atoms with Crippen molar-refractivity contribution in [2.24, 2.45) is 23.0 Å². The lowest BCUT2D eigenvalue weighted by molar-refractivity contribution is 0.274. The molecule has 3 rings (SSSR count). The molecule has 1 saturated carbocycles. The van der Waals surface area contributed by atoms with Crippen LogP contribution in [-0.4, -0.2) is 4.57 Å². The Bertz CT molecular complexity index is 430. The molecule has 2 heteroatoms. The van der Waals surface area contributed by atoms with E-state index in [4.69, 9.17) is 5.73 Å². The molecular formula is C15H24N2. The van der Waals surface area contributed by atoms with Crippen LogP contribution in [0, 0.1) is 17.3 Å². The van der Waals surface area contributed by atoms with Gasteiger partial charge >= 0.3 is 0 Å². The van der Waals surface area contributed by atoms with Crippen molar-refractivity contribution in [2.75, 3.05) is 0 Å². The number of aromatic nitrogens is 1.